The molecule has 0 aliphatic carbocycles. The maximum absolute atomic E-state index is 13.3. The van der Waals surface area contributed by atoms with E-state index in [4.69, 9.17) is 13.7 Å². The molecule has 2 aromatic carbocycles. The van der Waals surface area contributed by atoms with E-state index in [1.54, 1.807) is 32.0 Å². The van der Waals surface area contributed by atoms with Crippen molar-refractivity contribution in [1.82, 2.24) is 4.90 Å². The van der Waals surface area contributed by atoms with Crippen molar-refractivity contribution in [3.8, 4) is 11.5 Å². The Kier molecular flexibility index (Phi) is 9.89. The molecule has 1 aliphatic heterocycles. The largest absolute Gasteiger partial charge is 0.490 e. The molecule has 0 spiro atoms. The first-order valence-electron chi connectivity index (χ1n) is 12.8. The van der Waals surface area contributed by atoms with E-state index in [1.165, 1.54) is 4.90 Å². The highest BCUT2D eigenvalue weighted by Crippen LogP contribution is 2.42. The van der Waals surface area contributed by atoms with Gasteiger partial charge in [-0.15, -0.1) is 0 Å². The normalized spacial score (nSPS) is 18.0. The summed E-state index contributed by atoms with van der Waals surface area (Å²) in [4.78, 5) is 14.5. The molecule has 0 unspecified atom stereocenters. The Bertz CT molecular complexity index is 1310. The molecule has 1 amide bonds. The minimum Gasteiger partial charge on any atom is -0.490 e. The van der Waals surface area contributed by atoms with Gasteiger partial charge in [0.25, 0.3) is 10.1 Å². The summed E-state index contributed by atoms with van der Waals surface area (Å²) in [6, 6.07) is 6.26. The van der Waals surface area contributed by atoms with E-state index in [1.807, 2.05) is 0 Å². The monoisotopic (exact) mass is 611 g/mol. The average molecular weight is 612 g/mol. The number of halogens is 6. The Morgan fingerprint density at radius 1 is 0.927 bits per heavy atom. The van der Waals surface area contributed by atoms with Gasteiger partial charge >= 0.3 is 12.4 Å². The Labute approximate surface area is 234 Å². The van der Waals surface area contributed by atoms with Crippen molar-refractivity contribution in [2.24, 2.45) is 0 Å². The molecule has 41 heavy (non-hydrogen) atoms. The zero-order valence-electron chi connectivity index (χ0n) is 22.7. The zero-order valence-corrected chi connectivity index (χ0v) is 23.5. The third-order valence-corrected chi connectivity index (χ3v) is 7.34. The van der Waals surface area contributed by atoms with E-state index in [2.05, 4.69) is 0 Å². The first kappa shape index (κ1) is 32.5. The molecule has 1 aliphatic rings. The van der Waals surface area contributed by atoms with Crippen molar-refractivity contribution < 1.29 is 53.2 Å². The quantitative estimate of drug-likeness (QED) is 0.243. The molecule has 1 saturated heterocycles. The lowest BCUT2D eigenvalue weighted by Gasteiger charge is -2.31. The van der Waals surface area contributed by atoms with Crippen LogP contribution in [0.2, 0.25) is 0 Å². The molecule has 0 bridgehead atoms. The van der Waals surface area contributed by atoms with Crippen LogP contribution in [-0.4, -0.2) is 58.4 Å². The van der Waals surface area contributed by atoms with Gasteiger partial charge in [-0.3, -0.25) is 8.98 Å². The van der Waals surface area contributed by atoms with Gasteiger partial charge < -0.3 is 14.4 Å². The first-order valence-corrected chi connectivity index (χ1v) is 14.6. The molecule has 0 radical (unpaired) electrons. The van der Waals surface area contributed by atoms with Gasteiger partial charge in [0.2, 0.25) is 5.91 Å². The summed E-state index contributed by atoms with van der Waals surface area (Å²) in [5, 5.41) is 0. The zero-order chi connectivity index (χ0) is 30.6. The standard InChI is InChI=1S/C27H31F6NO6S/c1-4-38-22-7-6-19(16-23(22)39-5-2)25(9-11-40-41(3,36)37)8-10-34(17-25)24(35)14-18-12-20(26(28,29)30)15-21(13-18)27(31,32)33/h6-7,12-13,15-16H,4-5,8-11,14,17H2,1-3H3/t25-/m1/s1. The van der Waals surface area contributed by atoms with Gasteiger partial charge in [0.1, 0.15) is 0 Å². The van der Waals surface area contributed by atoms with Gasteiger partial charge in [0, 0.05) is 18.5 Å². The maximum atomic E-state index is 13.3. The van der Waals surface area contributed by atoms with Gasteiger partial charge in [-0.25, -0.2) is 0 Å². The lowest BCUT2D eigenvalue weighted by molar-refractivity contribution is -0.143. The highest BCUT2D eigenvalue weighted by Gasteiger charge is 2.42. The lowest BCUT2D eigenvalue weighted by Crippen LogP contribution is -2.36. The molecule has 228 valence electrons. The smallest absolute Gasteiger partial charge is 0.416 e. The molecule has 7 nitrogen and oxygen atoms in total. The van der Waals surface area contributed by atoms with Crippen LogP contribution in [0.3, 0.4) is 0 Å². The molecule has 14 heteroatoms. The number of nitrogens with zero attached hydrogens (tertiary/aromatic N) is 1. The number of amides is 1. The predicted molar refractivity (Wildman–Crippen MR) is 137 cm³/mol. The number of hydrogen-bond donors (Lipinski definition) is 0. The fourth-order valence-corrected chi connectivity index (χ4v) is 5.23. The minimum atomic E-state index is -5.03. The SMILES string of the molecule is CCOc1ccc([C@@]2(CCOS(C)(=O)=O)CCN(C(=O)Cc3cc(C(F)(F)F)cc(C(F)(F)F)c3)C2)cc1OCC. The summed E-state index contributed by atoms with van der Waals surface area (Å²) < 4.78 is 119. The highest BCUT2D eigenvalue weighted by molar-refractivity contribution is 7.85. The Morgan fingerprint density at radius 2 is 1.51 bits per heavy atom. The molecule has 2 aromatic rings. The van der Waals surface area contributed by atoms with Gasteiger partial charge in [-0.1, -0.05) is 6.07 Å². The number of likely N-dealkylation sites (tertiary alicyclic amines) is 1. The van der Waals surface area contributed by atoms with Crippen LogP contribution in [0.15, 0.2) is 36.4 Å². The molecular formula is C27H31F6NO6S. The van der Waals surface area contributed by atoms with E-state index < -0.39 is 56.9 Å². The first-order chi connectivity index (χ1) is 19.0. The van der Waals surface area contributed by atoms with Crippen molar-refractivity contribution >= 4 is 16.0 Å². The van der Waals surface area contributed by atoms with Crippen LogP contribution >= 0.6 is 0 Å². The molecule has 0 aromatic heterocycles. The molecule has 3 rings (SSSR count). The third kappa shape index (κ3) is 8.51. The second kappa shape index (κ2) is 12.5. The fraction of sp³-hybridized carbons (Fsp3) is 0.519. The summed E-state index contributed by atoms with van der Waals surface area (Å²) in [5.41, 5.74) is -3.56. The van der Waals surface area contributed by atoms with Gasteiger partial charge in [0.15, 0.2) is 11.5 Å². The number of ether oxygens (including phenoxy) is 2. The van der Waals surface area contributed by atoms with Crippen molar-refractivity contribution in [2.45, 2.75) is 50.9 Å². The van der Waals surface area contributed by atoms with Crippen molar-refractivity contribution in [2.75, 3.05) is 39.2 Å². The lowest BCUT2D eigenvalue weighted by atomic mass is 9.77. The van der Waals surface area contributed by atoms with Crippen molar-refractivity contribution in [3.63, 3.8) is 0 Å². The van der Waals surface area contributed by atoms with E-state index in [-0.39, 0.29) is 32.2 Å². The Morgan fingerprint density at radius 3 is 2.05 bits per heavy atom. The van der Waals surface area contributed by atoms with Crippen LogP contribution in [0.5, 0.6) is 11.5 Å². The fourth-order valence-electron chi connectivity index (χ4n) is 4.85. The summed E-state index contributed by atoms with van der Waals surface area (Å²) in [5.74, 6) is 0.250. The molecule has 0 N–H and O–H groups in total. The molecule has 1 atom stereocenters. The number of carbonyl (C=O) groups is 1. The van der Waals surface area contributed by atoms with Crippen LogP contribution in [-0.2, 0) is 43.3 Å². The summed E-state index contributed by atoms with van der Waals surface area (Å²) >= 11 is 0. The molecule has 1 heterocycles. The van der Waals surface area contributed by atoms with Crippen molar-refractivity contribution in [1.29, 1.82) is 0 Å². The number of rotatable bonds is 11. The maximum Gasteiger partial charge on any atom is 0.416 e. The van der Waals surface area contributed by atoms with E-state index in [0.29, 0.717) is 48.8 Å². The average Bonchev–Trinajstić information content (AvgIpc) is 3.29. The molecule has 0 saturated carbocycles. The van der Waals surface area contributed by atoms with Crippen LogP contribution in [0.1, 0.15) is 48.9 Å². The summed E-state index contributed by atoms with van der Waals surface area (Å²) in [6.07, 6.45) is -9.36. The van der Waals surface area contributed by atoms with Crippen molar-refractivity contribution in [3.05, 3.63) is 58.7 Å². The third-order valence-electron chi connectivity index (χ3n) is 6.74. The van der Waals surface area contributed by atoms with Gasteiger partial charge in [-0.05, 0) is 68.1 Å². The Hall–Kier alpha value is -3.00. The number of alkyl halides is 6. The van der Waals surface area contributed by atoms with E-state index in [9.17, 15) is 39.6 Å². The van der Waals surface area contributed by atoms with E-state index >= 15 is 0 Å². The second-order valence-corrected chi connectivity index (χ2v) is 11.4. The molecular weight excluding hydrogens is 580 g/mol. The van der Waals surface area contributed by atoms with E-state index in [0.717, 1.165) is 6.26 Å². The second-order valence-electron chi connectivity index (χ2n) is 9.74. The van der Waals surface area contributed by atoms with Crippen LogP contribution < -0.4 is 9.47 Å². The van der Waals surface area contributed by atoms with Crippen LogP contribution in [0, 0.1) is 0 Å². The number of benzene rings is 2. The van der Waals surface area contributed by atoms with Crippen LogP contribution in [0.25, 0.3) is 0 Å². The minimum absolute atomic E-state index is 0.0124. The molecule has 1 fully saturated rings. The predicted octanol–water partition coefficient (Wildman–Crippen LogP) is 5.60. The summed E-state index contributed by atoms with van der Waals surface area (Å²) in [6.45, 7) is 4.25. The number of hydrogen-bond acceptors (Lipinski definition) is 6. The summed E-state index contributed by atoms with van der Waals surface area (Å²) in [7, 11) is -3.77. The topological polar surface area (TPSA) is 82.1 Å². The number of carbonyl (C=O) groups excluding carboxylic acids is 1. The van der Waals surface area contributed by atoms with Gasteiger partial charge in [-0.2, -0.15) is 34.8 Å². The highest BCUT2D eigenvalue weighted by atomic mass is 32.2. The van der Waals surface area contributed by atoms with Crippen LogP contribution in [0.4, 0.5) is 26.3 Å². The Balaban J connectivity index is 1.92. The van der Waals surface area contributed by atoms with Gasteiger partial charge in [0.05, 0.1) is 43.6 Å².